The summed E-state index contributed by atoms with van der Waals surface area (Å²) in [6.07, 6.45) is 0. The van der Waals surface area contributed by atoms with E-state index in [0.29, 0.717) is 5.56 Å². The summed E-state index contributed by atoms with van der Waals surface area (Å²) in [6.45, 7) is 0.0493. The van der Waals surface area contributed by atoms with Crippen molar-refractivity contribution in [3.05, 3.63) is 34.6 Å². The number of imide groups is 1. The van der Waals surface area contributed by atoms with Gasteiger partial charge < -0.3 is 5.32 Å². The molecule has 4 nitrogen and oxygen atoms in total. The Labute approximate surface area is 96.0 Å². The summed E-state index contributed by atoms with van der Waals surface area (Å²) in [7, 11) is 0. The second kappa shape index (κ2) is 4.09. The number of halogens is 2. The van der Waals surface area contributed by atoms with Gasteiger partial charge in [0, 0.05) is 0 Å². The van der Waals surface area contributed by atoms with Crippen LogP contribution in [-0.4, -0.2) is 23.4 Å². The van der Waals surface area contributed by atoms with Crippen LogP contribution >= 0.6 is 11.6 Å². The van der Waals surface area contributed by atoms with Gasteiger partial charge in [0.1, 0.15) is 5.82 Å². The highest BCUT2D eigenvalue weighted by molar-refractivity contribution is 6.30. The molecule has 1 aromatic rings. The molecule has 1 aliphatic rings. The van der Waals surface area contributed by atoms with E-state index in [0.717, 1.165) is 4.90 Å². The third kappa shape index (κ3) is 1.99. The van der Waals surface area contributed by atoms with Crippen LogP contribution in [0.4, 0.5) is 9.18 Å². The van der Waals surface area contributed by atoms with Crippen LogP contribution in [-0.2, 0) is 11.3 Å². The minimum Gasteiger partial charge on any atom is -0.329 e. The Kier molecular flexibility index (Phi) is 2.78. The lowest BCUT2D eigenvalue weighted by Gasteiger charge is -2.12. The largest absolute Gasteiger partial charge is 0.329 e. The first-order chi connectivity index (χ1) is 7.58. The number of benzene rings is 1. The number of hydrogen-bond donors (Lipinski definition) is 1. The van der Waals surface area contributed by atoms with Gasteiger partial charge in [-0.25, -0.2) is 9.18 Å². The molecule has 3 amide bonds. The van der Waals surface area contributed by atoms with Gasteiger partial charge in [0.2, 0.25) is 5.91 Å². The quantitative estimate of drug-likeness (QED) is 0.800. The first-order valence-corrected chi connectivity index (χ1v) is 4.98. The van der Waals surface area contributed by atoms with Gasteiger partial charge in [-0.05, 0) is 17.7 Å². The summed E-state index contributed by atoms with van der Waals surface area (Å²) in [5, 5.41) is 2.40. The molecule has 0 radical (unpaired) electrons. The molecule has 84 valence electrons. The molecule has 6 heteroatoms. The van der Waals surface area contributed by atoms with E-state index in [-0.39, 0.29) is 24.0 Å². The molecule has 0 aromatic heterocycles. The van der Waals surface area contributed by atoms with E-state index in [1.54, 1.807) is 6.07 Å². The molecular formula is C10H8ClFN2O2. The molecule has 2 rings (SSSR count). The van der Waals surface area contributed by atoms with Crippen molar-refractivity contribution in [3.8, 4) is 0 Å². The molecule has 1 aromatic carbocycles. The Bertz CT molecular complexity index is 448. The van der Waals surface area contributed by atoms with E-state index in [4.69, 9.17) is 11.6 Å². The Morgan fingerprint density at radius 2 is 2.19 bits per heavy atom. The second-order valence-electron chi connectivity index (χ2n) is 3.39. The summed E-state index contributed by atoms with van der Waals surface area (Å²) in [5.74, 6) is -0.883. The Balaban J connectivity index is 2.17. The van der Waals surface area contributed by atoms with Gasteiger partial charge in [0.05, 0.1) is 18.1 Å². The van der Waals surface area contributed by atoms with Gasteiger partial charge in [0.15, 0.2) is 0 Å². The van der Waals surface area contributed by atoms with Gasteiger partial charge in [-0.2, -0.15) is 0 Å². The van der Waals surface area contributed by atoms with Gasteiger partial charge in [-0.1, -0.05) is 17.7 Å². The maximum atomic E-state index is 13.1. The third-order valence-electron chi connectivity index (χ3n) is 2.26. The summed E-state index contributed by atoms with van der Waals surface area (Å²) in [4.78, 5) is 23.5. The highest BCUT2D eigenvalue weighted by atomic mass is 35.5. The van der Waals surface area contributed by atoms with E-state index >= 15 is 0 Å². The number of carbonyl (C=O) groups is 2. The van der Waals surface area contributed by atoms with Crippen LogP contribution in [0.2, 0.25) is 5.02 Å². The van der Waals surface area contributed by atoms with Crippen molar-refractivity contribution in [2.24, 2.45) is 0 Å². The molecule has 0 unspecified atom stereocenters. The molecule has 1 N–H and O–H groups in total. The average Bonchev–Trinajstić information content (AvgIpc) is 2.55. The average molecular weight is 243 g/mol. The molecule has 0 saturated carbocycles. The van der Waals surface area contributed by atoms with Crippen LogP contribution in [0.5, 0.6) is 0 Å². The molecule has 0 bridgehead atoms. The van der Waals surface area contributed by atoms with Crippen LogP contribution in [0.15, 0.2) is 18.2 Å². The van der Waals surface area contributed by atoms with E-state index in [2.05, 4.69) is 5.32 Å². The fraction of sp³-hybridized carbons (Fsp3) is 0.200. The molecule has 0 spiro atoms. The Hall–Kier alpha value is -1.62. The lowest BCUT2D eigenvalue weighted by molar-refractivity contribution is -0.125. The number of nitrogens with zero attached hydrogens (tertiary/aromatic N) is 1. The predicted octanol–water partition coefficient (Wildman–Crippen LogP) is 1.53. The van der Waals surface area contributed by atoms with Crippen molar-refractivity contribution in [1.82, 2.24) is 10.2 Å². The van der Waals surface area contributed by atoms with Crippen molar-refractivity contribution in [2.75, 3.05) is 6.54 Å². The van der Waals surface area contributed by atoms with Crippen LogP contribution in [0.3, 0.4) is 0 Å². The number of nitrogens with one attached hydrogen (secondary N) is 1. The standard InChI is InChI=1S/C10H8ClFN2O2/c11-7-2-1-6(3-8(7)12)5-14-9(15)4-13-10(14)16/h1-3H,4-5H2,(H,13,16). The van der Waals surface area contributed by atoms with Crippen molar-refractivity contribution in [2.45, 2.75) is 6.54 Å². The maximum Gasteiger partial charge on any atom is 0.324 e. The van der Waals surface area contributed by atoms with Crippen LogP contribution in [0.25, 0.3) is 0 Å². The van der Waals surface area contributed by atoms with Crippen LogP contribution in [0, 0.1) is 5.82 Å². The predicted molar refractivity (Wildman–Crippen MR) is 55.4 cm³/mol. The molecule has 0 atom stereocenters. The number of carbonyl (C=O) groups excluding carboxylic acids is 2. The topological polar surface area (TPSA) is 49.4 Å². The van der Waals surface area contributed by atoms with Crippen LogP contribution in [0.1, 0.15) is 5.56 Å². The maximum absolute atomic E-state index is 13.1. The molecular weight excluding hydrogens is 235 g/mol. The van der Waals surface area contributed by atoms with E-state index in [9.17, 15) is 14.0 Å². The summed E-state index contributed by atoms with van der Waals surface area (Å²) >= 11 is 5.52. The van der Waals surface area contributed by atoms with Gasteiger partial charge in [-0.3, -0.25) is 9.69 Å². The minimum atomic E-state index is -0.564. The highest BCUT2D eigenvalue weighted by Gasteiger charge is 2.28. The zero-order valence-electron chi connectivity index (χ0n) is 8.17. The van der Waals surface area contributed by atoms with Crippen molar-refractivity contribution in [3.63, 3.8) is 0 Å². The summed E-state index contributed by atoms with van der Waals surface area (Å²) < 4.78 is 13.1. The third-order valence-corrected chi connectivity index (χ3v) is 2.57. The molecule has 0 aliphatic carbocycles. The SMILES string of the molecule is O=C1CNC(=O)N1Cc1ccc(Cl)c(F)c1. The number of urea groups is 1. The molecule has 1 saturated heterocycles. The number of amides is 3. The van der Waals surface area contributed by atoms with Crippen LogP contribution < -0.4 is 5.32 Å². The van der Waals surface area contributed by atoms with E-state index < -0.39 is 11.8 Å². The van der Waals surface area contributed by atoms with Crippen molar-refractivity contribution < 1.29 is 14.0 Å². The zero-order valence-corrected chi connectivity index (χ0v) is 8.92. The minimum absolute atomic E-state index is 0.00505. The first-order valence-electron chi connectivity index (χ1n) is 4.60. The van der Waals surface area contributed by atoms with Crippen molar-refractivity contribution in [1.29, 1.82) is 0 Å². The van der Waals surface area contributed by atoms with Gasteiger partial charge >= 0.3 is 6.03 Å². The van der Waals surface area contributed by atoms with Gasteiger partial charge in [-0.15, -0.1) is 0 Å². The lowest BCUT2D eigenvalue weighted by Crippen LogP contribution is -2.30. The fourth-order valence-electron chi connectivity index (χ4n) is 1.44. The molecule has 1 aliphatic heterocycles. The Morgan fingerprint density at radius 3 is 2.75 bits per heavy atom. The highest BCUT2D eigenvalue weighted by Crippen LogP contribution is 2.17. The molecule has 16 heavy (non-hydrogen) atoms. The lowest BCUT2D eigenvalue weighted by atomic mass is 10.2. The summed E-state index contributed by atoms with van der Waals surface area (Å²) in [5.41, 5.74) is 0.521. The zero-order chi connectivity index (χ0) is 11.7. The van der Waals surface area contributed by atoms with E-state index in [1.165, 1.54) is 12.1 Å². The molecule has 1 fully saturated rings. The smallest absolute Gasteiger partial charge is 0.324 e. The first kappa shape index (κ1) is 10.9. The second-order valence-corrected chi connectivity index (χ2v) is 3.79. The van der Waals surface area contributed by atoms with E-state index in [1.807, 2.05) is 0 Å². The van der Waals surface area contributed by atoms with Crippen molar-refractivity contribution >= 4 is 23.5 Å². The van der Waals surface area contributed by atoms with Gasteiger partial charge in [0.25, 0.3) is 0 Å². The Morgan fingerprint density at radius 1 is 1.44 bits per heavy atom. The monoisotopic (exact) mass is 242 g/mol. The molecule has 1 heterocycles. The number of hydrogen-bond acceptors (Lipinski definition) is 2. The summed E-state index contributed by atoms with van der Waals surface area (Å²) in [6, 6.07) is 3.72. The fourth-order valence-corrected chi connectivity index (χ4v) is 1.55. The number of rotatable bonds is 2. The normalized spacial score (nSPS) is 15.5.